The van der Waals surface area contributed by atoms with Gasteiger partial charge in [0, 0.05) is 18.3 Å². The summed E-state index contributed by atoms with van der Waals surface area (Å²) in [6.45, 7) is 4.60. The maximum atomic E-state index is 10.7. The van der Waals surface area contributed by atoms with Gasteiger partial charge in [-0.15, -0.1) is 0 Å². The minimum atomic E-state index is -0.769. The summed E-state index contributed by atoms with van der Waals surface area (Å²) in [6, 6.07) is 10.1. The second kappa shape index (κ2) is 8.17. The molecule has 0 fully saturated rings. The third kappa shape index (κ3) is 4.51. The summed E-state index contributed by atoms with van der Waals surface area (Å²) in [6.07, 6.45) is 5.97. The van der Waals surface area contributed by atoms with E-state index in [2.05, 4.69) is 17.1 Å². The van der Waals surface area contributed by atoms with Crippen molar-refractivity contribution in [3.8, 4) is 5.75 Å². The van der Waals surface area contributed by atoms with Crippen LogP contribution in [0.1, 0.15) is 48.1 Å². The molecule has 1 aliphatic rings. The van der Waals surface area contributed by atoms with E-state index < -0.39 is 5.97 Å². The molecule has 0 amide bonds. The summed E-state index contributed by atoms with van der Waals surface area (Å²) in [4.78, 5) is 15.1. The van der Waals surface area contributed by atoms with Crippen molar-refractivity contribution in [1.29, 1.82) is 0 Å². The summed E-state index contributed by atoms with van der Waals surface area (Å²) in [5.74, 6) is 0.0964. The summed E-state index contributed by atoms with van der Waals surface area (Å²) < 4.78 is 6.08. The number of hydrogen-bond acceptors (Lipinski definition) is 3. The van der Waals surface area contributed by atoms with Crippen LogP contribution in [-0.4, -0.2) is 22.7 Å². The monoisotopic (exact) mass is 351 g/mol. The third-order valence-corrected chi connectivity index (χ3v) is 4.86. The SMILES string of the molecule is Cc1ccc(C2=C(COc3ccc(CCC(=O)O)cc3C)CCC2)cn1. The molecule has 3 rings (SSSR count). The van der Waals surface area contributed by atoms with E-state index in [4.69, 9.17) is 9.84 Å². The highest BCUT2D eigenvalue weighted by Gasteiger charge is 2.17. The molecule has 1 heterocycles. The Labute approximate surface area is 154 Å². The number of aryl methyl sites for hydroxylation is 3. The first kappa shape index (κ1) is 18.2. The third-order valence-electron chi connectivity index (χ3n) is 4.86. The molecule has 0 unspecified atom stereocenters. The zero-order chi connectivity index (χ0) is 18.5. The maximum Gasteiger partial charge on any atom is 0.303 e. The first-order valence-electron chi connectivity index (χ1n) is 9.11. The van der Waals surface area contributed by atoms with Crippen LogP contribution in [0.4, 0.5) is 0 Å². The fourth-order valence-corrected chi connectivity index (χ4v) is 3.41. The molecule has 0 saturated carbocycles. The molecule has 0 spiro atoms. The van der Waals surface area contributed by atoms with Crippen LogP contribution in [0.25, 0.3) is 5.57 Å². The number of allylic oxidation sites excluding steroid dienone is 1. The van der Waals surface area contributed by atoms with E-state index in [-0.39, 0.29) is 6.42 Å². The molecular weight excluding hydrogens is 326 g/mol. The quantitative estimate of drug-likeness (QED) is 0.783. The normalized spacial score (nSPS) is 13.9. The van der Waals surface area contributed by atoms with Gasteiger partial charge in [-0.25, -0.2) is 0 Å². The lowest BCUT2D eigenvalue weighted by atomic mass is 10.0. The Bertz CT molecular complexity index is 822. The molecular formula is C22H25NO3. The van der Waals surface area contributed by atoms with Gasteiger partial charge in [-0.05, 0) is 79.5 Å². The molecule has 4 nitrogen and oxygen atoms in total. The van der Waals surface area contributed by atoms with Crippen LogP contribution < -0.4 is 4.74 Å². The van der Waals surface area contributed by atoms with E-state index in [1.54, 1.807) is 0 Å². The predicted octanol–water partition coefficient (Wildman–Crippen LogP) is 4.73. The summed E-state index contributed by atoms with van der Waals surface area (Å²) >= 11 is 0. The molecule has 0 aliphatic heterocycles. The largest absolute Gasteiger partial charge is 0.489 e. The molecule has 4 heteroatoms. The Balaban J connectivity index is 1.68. The Morgan fingerprint density at radius 1 is 1.19 bits per heavy atom. The lowest BCUT2D eigenvalue weighted by Crippen LogP contribution is -2.03. The van der Waals surface area contributed by atoms with Crippen LogP contribution in [0.15, 0.2) is 42.1 Å². The number of carbonyl (C=O) groups is 1. The summed E-state index contributed by atoms with van der Waals surface area (Å²) in [7, 11) is 0. The van der Waals surface area contributed by atoms with Gasteiger partial charge in [-0.3, -0.25) is 9.78 Å². The molecule has 0 atom stereocenters. The van der Waals surface area contributed by atoms with Crippen molar-refractivity contribution in [3.63, 3.8) is 0 Å². The van der Waals surface area contributed by atoms with Crippen LogP contribution >= 0.6 is 0 Å². The van der Waals surface area contributed by atoms with Gasteiger partial charge in [0.15, 0.2) is 0 Å². The zero-order valence-electron chi connectivity index (χ0n) is 15.4. The number of carboxylic acid groups (broad SMARTS) is 1. The second-order valence-corrected chi connectivity index (χ2v) is 6.91. The number of carboxylic acids is 1. The Morgan fingerprint density at radius 3 is 2.73 bits per heavy atom. The molecule has 1 aromatic heterocycles. The molecule has 136 valence electrons. The highest BCUT2D eigenvalue weighted by Crippen LogP contribution is 2.34. The van der Waals surface area contributed by atoms with Gasteiger partial charge in [0.05, 0.1) is 0 Å². The highest BCUT2D eigenvalue weighted by atomic mass is 16.5. The van der Waals surface area contributed by atoms with Crippen LogP contribution in [0, 0.1) is 13.8 Å². The van der Waals surface area contributed by atoms with Crippen molar-refractivity contribution in [2.75, 3.05) is 6.61 Å². The van der Waals surface area contributed by atoms with Crippen molar-refractivity contribution in [1.82, 2.24) is 4.98 Å². The topological polar surface area (TPSA) is 59.4 Å². The van der Waals surface area contributed by atoms with Gasteiger partial charge in [-0.1, -0.05) is 18.2 Å². The van der Waals surface area contributed by atoms with Crippen LogP contribution in [-0.2, 0) is 11.2 Å². The molecule has 0 bridgehead atoms. The van der Waals surface area contributed by atoms with Crippen LogP contribution in [0.3, 0.4) is 0 Å². The lowest BCUT2D eigenvalue weighted by molar-refractivity contribution is -0.136. The molecule has 1 aromatic carbocycles. The van der Waals surface area contributed by atoms with Gasteiger partial charge in [-0.2, -0.15) is 0 Å². The van der Waals surface area contributed by atoms with Crippen molar-refractivity contribution in [2.24, 2.45) is 0 Å². The van der Waals surface area contributed by atoms with Crippen molar-refractivity contribution in [3.05, 3.63) is 64.5 Å². The number of pyridine rings is 1. The molecule has 0 radical (unpaired) electrons. The van der Waals surface area contributed by atoms with E-state index in [0.29, 0.717) is 13.0 Å². The average molecular weight is 351 g/mol. The average Bonchev–Trinajstić information content (AvgIpc) is 3.08. The molecule has 2 aromatic rings. The fraction of sp³-hybridized carbons (Fsp3) is 0.364. The van der Waals surface area contributed by atoms with E-state index in [9.17, 15) is 4.79 Å². The second-order valence-electron chi connectivity index (χ2n) is 6.91. The Morgan fingerprint density at radius 2 is 2.04 bits per heavy atom. The van der Waals surface area contributed by atoms with E-state index in [1.807, 2.05) is 38.2 Å². The first-order valence-corrected chi connectivity index (χ1v) is 9.11. The number of hydrogen-bond donors (Lipinski definition) is 1. The van der Waals surface area contributed by atoms with Gasteiger partial charge in [0.2, 0.25) is 0 Å². The van der Waals surface area contributed by atoms with Gasteiger partial charge in [0.1, 0.15) is 12.4 Å². The Hall–Kier alpha value is -2.62. The minimum absolute atomic E-state index is 0.153. The molecule has 1 aliphatic carbocycles. The van der Waals surface area contributed by atoms with E-state index in [0.717, 1.165) is 41.8 Å². The highest BCUT2D eigenvalue weighted by molar-refractivity contribution is 5.70. The van der Waals surface area contributed by atoms with Gasteiger partial charge >= 0.3 is 5.97 Å². The summed E-state index contributed by atoms with van der Waals surface area (Å²) in [5, 5.41) is 8.80. The molecule has 0 saturated heterocycles. The van der Waals surface area contributed by atoms with Crippen molar-refractivity contribution >= 4 is 11.5 Å². The van der Waals surface area contributed by atoms with Gasteiger partial charge in [0.25, 0.3) is 0 Å². The smallest absolute Gasteiger partial charge is 0.303 e. The van der Waals surface area contributed by atoms with Crippen molar-refractivity contribution < 1.29 is 14.6 Å². The standard InChI is InChI=1S/C22H25NO3/c1-15-12-17(8-11-22(24)25)7-10-21(15)26-14-19-4-3-5-20(19)18-9-6-16(2)23-13-18/h6-7,9-10,12-13H,3-5,8,11,14H2,1-2H3,(H,24,25). The number of aromatic nitrogens is 1. The predicted molar refractivity (Wildman–Crippen MR) is 102 cm³/mol. The maximum absolute atomic E-state index is 10.7. The number of nitrogens with zero attached hydrogens (tertiary/aromatic N) is 1. The minimum Gasteiger partial charge on any atom is -0.489 e. The molecule has 1 N–H and O–H groups in total. The first-order chi connectivity index (χ1) is 12.5. The van der Waals surface area contributed by atoms with Crippen LogP contribution in [0.5, 0.6) is 5.75 Å². The van der Waals surface area contributed by atoms with Gasteiger partial charge < -0.3 is 9.84 Å². The zero-order valence-corrected chi connectivity index (χ0v) is 15.4. The fourth-order valence-electron chi connectivity index (χ4n) is 3.41. The molecule has 26 heavy (non-hydrogen) atoms. The van der Waals surface area contributed by atoms with E-state index in [1.165, 1.54) is 16.7 Å². The summed E-state index contributed by atoms with van der Waals surface area (Å²) in [5.41, 5.74) is 7.03. The van der Waals surface area contributed by atoms with E-state index >= 15 is 0 Å². The number of ether oxygens (including phenoxy) is 1. The number of aliphatic carboxylic acids is 1. The Kier molecular flexibility index (Phi) is 5.71. The number of rotatable bonds is 7. The number of benzene rings is 1. The van der Waals surface area contributed by atoms with Crippen molar-refractivity contribution in [2.45, 2.75) is 46.0 Å². The lowest BCUT2D eigenvalue weighted by Gasteiger charge is -2.13. The van der Waals surface area contributed by atoms with Crippen LogP contribution in [0.2, 0.25) is 0 Å².